The molecule has 3 heteroatoms. The van der Waals surface area contributed by atoms with Gasteiger partial charge in [-0.05, 0) is 24.3 Å². The molecule has 1 amide bonds. The maximum absolute atomic E-state index is 12.0. The second kappa shape index (κ2) is 9.54. The summed E-state index contributed by atoms with van der Waals surface area (Å²) in [5, 5.41) is 3.00. The first-order chi connectivity index (χ1) is 9.67. The zero-order chi connectivity index (χ0) is 14.8. The number of carbonyl (C=O) groups excluding carboxylic acids is 1. The first-order valence-corrected chi connectivity index (χ1v) is 7.74. The number of nitrogens with one attached hydrogen (secondary N) is 1. The molecule has 0 radical (unpaired) electrons. The predicted molar refractivity (Wildman–Crippen MR) is 84.4 cm³/mol. The molecule has 20 heavy (non-hydrogen) atoms. The number of hydrogen-bond acceptors (Lipinski definition) is 2. The van der Waals surface area contributed by atoms with Crippen LogP contribution in [0.15, 0.2) is 30.3 Å². The highest BCUT2D eigenvalue weighted by Gasteiger charge is 2.15. The first-order valence-electron chi connectivity index (χ1n) is 7.74. The topological polar surface area (TPSA) is 55.1 Å². The Bertz CT molecular complexity index is 378. The summed E-state index contributed by atoms with van der Waals surface area (Å²) in [6.45, 7) is 5.12. The number of hydrogen-bond donors (Lipinski definition) is 2. The SMILES string of the molecule is CCCCC(CC)CNC(=O)C(N)Cc1ccccc1. The van der Waals surface area contributed by atoms with Crippen molar-refractivity contribution in [2.24, 2.45) is 11.7 Å². The van der Waals surface area contributed by atoms with Gasteiger partial charge in [0.1, 0.15) is 0 Å². The fraction of sp³-hybridized carbons (Fsp3) is 0.588. The zero-order valence-electron chi connectivity index (χ0n) is 12.8. The molecule has 3 N–H and O–H groups in total. The molecule has 0 bridgehead atoms. The Hall–Kier alpha value is -1.35. The third-order valence-electron chi connectivity index (χ3n) is 3.74. The molecular weight excluding hydrogens is 248 g/mol. The van der Waals surface area contributed by atoms with E-state index in [-0.39, 0.29) is 5.91 Å². The molecule has 3 nitrogen and oxygen atoms in total. The Balaban J connectivity index is 2.34. The minimum Gasteiger partial charge on any atom is -0.354 e. The molecule has 0 aliphatic rings. The molecule has 0 spiro atoms. The number of carbonyl (C=O) groups is 1. The summed E-state index contributed by atoms with van der Waals surface area (Å²) in [6, 6.07) is 9.46. The van der Waals surface area contributed by atoms with E-state index in [0.717, 1.165) is 18.5 Å². The lowest BCUT2D eigenvalue weighted by Gasteiger charge is -2.17. The highest BCUT2D eigenvalue weighted by Crippen LogP contribution is 2.11. The standard InChI is InChI=1S/C17H28N2O/c1-3-5-9-14(4-2)13-19-17(20)16(18)12-15-10-7-6-8-11-15/h6-8,10-11,14,16H,3-5,9,12-13,18H2,1-2H3,(H,19,20). The Morgan fingerprint density at radius 2 is 1.95 bits per heavy atom. The van der Waals surface area contributed by atoms with Crippen LogP contribution in [0.1, 0.15) is 45.1 Å². The Morgan fingerprint density at radius 3 is 2.55 bits per heavy atom. The zero-order valence-corrected chi connectivity index (χ0v) is 12.8. The van der Waals surface area contributed by atoms with Crippen LogP contribution in [0.2, 0.25) is 0 Å². The van der Waals surface area contributed by atoms with Crippen molar-refractivity contribution >= 4 is 5.91 Å². The van der Waals surface area contributed by atoms with Gasteiger partial charge in [-0.2, -0.15) is 0 Å². The molecule has 112 valence electrons. The van der Waals surface area contributed by atoms with Gasteiger partial charge in [0.25, 0.3) is 0 Å². The highest BCUT2D eigenvalue weighted by molar-refractivity contribution is 5.81. The molecule has 0 aliphatic heterocycles. The molecule has 0 aromatic heterocycles. The monoisotopic (exact) mass is 276 g/mol. The third kappa shape index (κ3) is 6.20. The van der Waals surface area contributed by atoms with Crippen LogP contribution in [0, 0.1) is 5.92 Å². The normalized spacial score (nSPS) is 13.8. The predicted octanol–water partition coefficient (Wildman–Crippen LogP) is 2.89. The summed E-state index contributed by atoms with van der Waals surface area (Å²) in [5.41, 5.74) is 7.07. The number of nitrogens with two attached hydrogens (primary N) is 1. The highest BCUT2D eigenvalue weighted by atomic mass is 16.2. The van der Waals surface area contributed by atoms with Crippen LogP contribution >= 0.6 is 0 Å². The molecular formula is C17H28N2O. The van der Waals surface area contributed by atoms with Crippen LogP contribution in [0.3, 0.4) is 0 Å². The van der Waals surface area contributed by atoms with E-state index < -0.39 is 6.04 Å². The molecule has 0 aliphatic carbocycles. The Kier molecular flexibility index (Phi) is 7.97. The van der Waals surface area contributed by atoms with Gasteiger partial charge in [0.2, 0.25) is 5.91 Å². The Labute approximate surface area is 122 Å². The van der Waals surface area contributed by atoms with Crippen LogP contribution in [0.5, 0.6) is 0 Å². The van der Waals surface area contributed by atoms with Gasteiger partial charge in [-0.3, -0.25) is 4.79 Å². The maximum atomic E-state index is 12.0. The van der Waals surface area contributed by atoms with Crippen molar-refractivity contribution in [3.05, 3.63) is 35.9 Å². The van der Waals surface area contributed by atoms with Crippen LogP contribution < -0.4 is 11.1 Å². The fourth-order valence-corrected chi connectivity index (χ4v) is 2.28. The second-order valence-corrected chi connectivity index (χ2v) is 5.46. The molecule has 0 saturated carbocycles. The van der Waals surface area contributed by atoms with E-state index >= 15 is 0 Å². The van der Waals surface area contributed by atoms with Gasteiger partial charge in [0, 0.05) is 6.54 Å². The number of benzene rings is 1. The average molecular weight is 276 g/mol. The van der Waals surface area contributed by atoms with E-state index in [9.17, 15) is 4.79 Å². The minimum atomic E-state index is -0.457. The lowest BCUT2D eigenvalue weighted by atomic mass is 9.99. The van der Waals surface area contributed by atoms with Crippen LogP contribution in [0.25, 0.3) is 0 Å². The molecule has 1 aromatic carbocycles. The van der Waals surface area contributed by atoms with Gasteiger partial charge in [-0.15, -0.1) is 0 Å². The van der Waals surface area contributed by atoms with Gasteiger partial charge in [0.05, 0.1) is 6.04 Å². The third-order valence-corrected chi connectivity index (χ3v) is 3.74. The quantitative estimate of drug-likeness (QED) is 0.728. The van der Waals surface area contributed by atoms with Crippen molar-refractivity contribution in [1.29, 1.82) is 0 Å². The molecule has 2 unspecified atom stereocenters. The summed E-state index contributed by atoms with van der Waals surface area (Å²) in [7, 11) is 0. The van der Waals surface area contributed by atoms with E-state index in [1.165, 1.54) is 19.3 Å². The van der Waals surface area contributed by atoms with Gasteiger partial charge in [-0.25, -0.2) is 0 Å². The van der Waals surface area contributed by atoms with Gasteiger partial charge >= 0.3 is 0 Å². The molecule has 1 rings (SSSR count). The van der Waals surface area contributed by atoms with E-state index in [1.807, 2.05) is 30.3 Å². The van der Waals surface area contributed by atoms with Crippen molar-refractivity contribution in [2.45, 2.75) is 52.0 Å². The lowest BCUT2D eigenvalue weighted by molar-refractivity contribution is -0.122. The van der Waals surface area contributed by atoms with Gasteiger partial charge < -0.3 is 11.1 Å². The minimum absolute atomic E-state index is 0.0381. The van der Waals surface area contributed by atoms with Crippen LogP contribution in [0.4, 0.5) is 0 Å². The van der Waals surface area contributed by atoms with Crippen LogP contribution in [-0.4, -0.2) is 18.5 Å². The fourth-order valence-electron chi connectivity index (χ4n) is 2.28. The van der Waals surface area contributed by atoms with Gasteiger partial charge in [0.15, 0.2) is 0 Å². The molecule has 0 saturated heterocycles. The summed E-state index contributed by atoms with van der Waals surface area (Å²) >= 11 is 0. The molecule has 0 fully saturated rings. The summed E-state index contributed by atoms with van der Waals surface area (Å²) < 4.78 is 0. The van der Waals surface area contributed by atoms with Crippen molar-refractivity contribution in [3.63, 3.8) is 0 Å². The molecule has 2 atom stereocenters. The average Bonchev–Trinajstić information content (AvgIpc) is 2.48. The summed E-state index contributed by atoms with van der Waals surface area (Å²) in [5.74, 6) is 0.534. The van der Waals surface area contributed by atoms with Crippen molar-refractivity contribution in [3.8, 4) is 0 Å². The van der Waals surface area contributed by atoms with E-state index in [0.29, 0.717) is 12.3 Å². The lowest BCUT2D eigenvalue weighted by Crippen LogP contribution is -2.43. The molecule has 1 aromatic rings. The van der Waals surface area contributed by atoms with Gasteiger partial charge in [-0.1, -0.05) is 63.4 Å². The smallest absolute Gasteiger partial charge is 0.237 e. The van der Waals surface area contributed by atoms with Crippen molar-refractivity contribution in [1.82, 2.24) is 5.32 Å². The number of unbranched alkanes of at least 4 members (excludes halogenated alkanes) is 1. The number of amides is 1. The largest absolute Gasteiger partial charge is 0.354 e. The first kappa shape index (κ1) is 16.7. The van der Waals surface area contributed by atoms with E-state index in [1.54, 1.807) is 0 Å². The van der Waals surface area contributed by atoms with E-state index in [2.05, 4.69) is 19.2 Å². The van der Waals surface area contributed by atoms with Crippen molar-refractivity contribution < 1.29 is 4.79 Å². The summed E-state index contributed by atoms with van der Waals surface area (Å²) in [4.78, 5) is 12.0. The van der Waals surface area contributed by atoms with Crippen LogP contribution in [-0.2, 0) is 11.2 Å². The number of rotatable bonds is 9. The summed E-state index contributed by atoms with van der Waals surface area (Å²) in [6.07, 6.45) is 5.32. The second-order valence-electron chi connectivity index (χ2n) is 5.46. The molecule has 0 heterocycles. The Morgan fingerprint density at radius 1 is 1.25 bits per heavy atom. The van der Waals surface area contributed by atoms with Crippen molar-refractivity contribution in [2.75, 3.05) is 6.54 Å². The van der Waals surface area contributed by atoms with E-state index in [4.69, 9.17) is 5.73 Å². The maximum Gasteiger partial charge on any atom is 0.237 e.